The number of aromatic nitrogens is 3. The Labute approximate surface area is 145 Å². The SMILES string of the molecule is COc1cccc(-c2cc(C(=O)N(C)Cc3c(C)noc3C)[nH]n2)c1. The van der Waals surface area contributed by atoms with E-state index in [9.17, 15) is 4.79 Å². The van der Waals surface area contributed by atoms with Gasteiger partial charge < -0.3 is 14.2 Å². The fraction of sp³-hybridized carbons (Fsp3) is 0.278. The summed E-state index contributed by atoms with van der Waals surface area (Å²) in [4.78, 5) is 14.2. The zero-order valence-electron chi connectivity index (χ0n) is 14.7. The van der Waals surface area contributed by atoms with E-state index in [0.717, 1.165) is 28.3 Å². The molecular formula is C18H20N4O3. The molecule has 2 heterocycles. The molecule has 1 amide bonds. The summed E-state index contributed by atoms with van der Waals surface area (Å²) in [6.07, 6.45) is 0. The number of nitrogens with zero attached hydrogens (tertiary/aromatic N) is 3. The molecule has 25 heavy (non-hydrogen) atoms. The van der Waals surface area contributed by atoms with Crippen LogP contribution in [0.25, 0.3) is 11.3 Å². The van der Waals surface area contributed by atoms with Gasteiger partial charge in [-0.3, -0.25) is 9.89 Å². The van der Waals surface area contributed by atoms with Gasteiger partial charge in [0, 0.05) is 18.2 Å². The number of nitrogens with one attached hydrogen (secondary N) is 1. The lowest BCUT2D eigenvalue weighted by molar-refractivity contribution is 0.0778. The molecule has 0 unspecified atom stereocenters. The molecule has 3 rings (SSSR count). The van der Waals surface area contributed by atoms with Crippen molar-refractivity contribution < 1.29 is 14.1 Å². The van der Waals surface area contributed by atoms with E-state index in [-0.39, 0.29) is 5.91 Å². The Kier molecular flexibility index (Phi) is 4.56. The molecule has 130 valence electrons. The molecule has 0 saturated carbocycles. The Morgan fingerprint density at radius 2 is 2.12 bits per heavy atom. The first kappa shape index (κ1) is 16.8. The van der Waals surface area contributed by atoms with Gasteiger partial charge in [-0.25, -0.2) is 0 Å². The lowest BCUT2D eigenvalue weighted by Gasteiger charge is -2.15. The van der Waals surface area contributed by atoms with Crippen LogP contribution in [-0.2, 0) is 6.54 Å². The highest BCUT2D eigenvalue weighted by Crippen LogP contribution is 2.23. The van der Waals surface area contributed by atoms with E-state index in [2.05, 4.69) is 15.4 Å². The molecule has 2 aromatic heterocycles. The molecular weight excluding hydrogens is 320 g/mol. The van der Waals surface area contributed by atoms with Crippen LogP contribution in [-0.4, -0.2) is 40.3 Å². The van der Waals surface area contributed by atoms with E-state index >= 15 is 0 Å². The molecule has 7 nitrogen and oxygen atoms in total. The van der Waals surface area contributed by atoms with Crippen molar-refractivity contribution in [1.29, 1.82) is 0 Å². The third-order valence-electron chi connectivity index (χ3n) is 4.10. The number of ether oxygens (including phenoxy) is 1. The van der Waals surface area contributed by atoms with Crippen LogP contribution in [0.3, 0.4) is 0 Å². The van der Waals surface area contributed by atoms with Gasteiger partial charge in [0.1, 0.15) is 17.2 Å². The summed E-state index contributed by atoms with van der Waals surface area (Å²) in [7, 11) is 3.35. The lowest BCUT2D eigenvalue weighted by Crippen LogP contribution is -2.27. The summed E-state index contributed by atoms with van der Waals surface area (Å²) in [6.45, 7) is 4.12. The van der Waals surface area contributed by atoms with Crippen LogP contribution >= 0.6 is 0 Å². The van der Waals surface area contributed by atoms with Crippen LogP contribution < -0.4 is 4.74 Å². The van der Waals surface area contributed by atoms with Crippen LogP contribution in [0.4, 0.5) is 0 Å². The molecule has 0 spiro atoms. The first-order valence-corrected chi connectivity index (χ1v) is 7.86. The number of carbonyl (C=O) groups excluding carboxylic acids is 1. The Morgan fingerprint density at radius 3 is 2.80 bits per heavy atom. The van der Waals surface area contributed by atoms with Crippen molar-refractivity contribution in [3.05, 3.63) is 53.0 Å². The topological polar surface area (TPSA) is 84.2 Å². The van der Waals surface area contributed by atoms with Gasteiger partial charge in [0.2, 0.25) is 0 Å². The Hall–Kier alpha value is -3.09. The minimum Gasteiger partial charge on any atom is -0.497 e. The maximum absolute atomic E-state index is 12.6. The van der Waals surface area contributed by atoms with E-state index < -0.39 is 0 Å². The molecule has 0 bridgehead atoms. The van der Waals surface area contributed by atoms with E-state index in [4.69, 9.17) is 9.26 Å². The van der Waals surface area contributed by atoms with Gasteiger partial charge in [-0.05, 0) is 32.0 Å². The zero-order valence-corrected chi connectivity index (χ0v) is 14.7. The number of aromatic amines is 1. The quantitative estimate of drug-likeness (QED) is 0.772. The molecule has 1 N–H and O–H groups in total. The van der Waals surface area contributed by atoms with E-state index in [1.165, 1.54) is 0 Å². The third kappa shape index (κ3) is 3.40. The van der Waals surface area contributed by atoms with Crippen molar-refractivity contribution in [1.82, 2.24) is 20.3 Å². The fourth-order valence-corrected chi connectivity index (χ4v) is 2.60. The second-order valence-corrected chi connectivity index (χ2v) is 5.86. The normalized spacial score (nSPS) is 10.7. The highest BCUT2D eigenvalue weighted by Gasteiger charge is 2.19. The van der Waals surface area contributed by atoms with Crippen molar-refractivity contribution in [2.45, 2.75) is 20.4 Å². The Morgan fingerprint density at radius 1 is 1.32 bits per heavy atom. The molecule has 7 heteroatoms. The number of carbonyl (C=O) groups is 1. The molecule has 0 saturated heterocycles. The molecule has 0 aliphatic carbocycles. The minimum absolute atomic E-state index is 0.151. The first-order valence-electron chi connectivity index (χ1n) is 7.86. The predicted octanol–water partition coefficient (Wildman–Crippen LogP) is 2.96. The van der Waals surface area contributed by atoms with Gasteiger partial charge in [-0.15, -0.1) is 0 Å². The standard InChI is InChI=1S/C18H20N4O3/c1-11-15(12(2)25-21-11)10-22(3)18(23)17-9-16(19-20-17)13-6-5-7-14(8-13)24-4/h5-9H,10H2,1-4H3,(H,19,20). The van der Waals surface area contributed by atoms with Crippen LogP contribution in [0, 0.1) is 13.8 Å². The summed E-state index contributed by atoms with van der Waals surface area (Å²) in [5.41, 5.74) is 3.70. The van der Waals surface area contributed by atoms with Gasteiger partial charge in [0.15, 0.2) is 0 Å². The van der Waals surface area contributed by atoms with Crippen LogP contribution in [0.5, 0.6) is 5.75 Å². The van der Waals surface area contributed by atoms with Gasteiger partial charge in [-0.1, -0.05) is 17.3 Å². The number of rotatable bonds is 5. The summed E-state index contributed by atoms with van der Waals surface area (Å²) < 4.78 is 10.4. The molecule has 0 radical (unpaired) electrons. The Bertz CT molecular complexity index is 878. The van der Waals surface area contributed by atoms with Gasteiger partial charge >= 0.3 is 0 Å². The molecule has 0 aliphatic heterocycles. The van der Waals surface area contributed by atoms with E-state index in [0.29, 0.717) is 17.9 Å². The zero-order chi connectivity index (χ0) is 18.0. The molecule has 0 fully saturated rings. The highest BCUT2D eigenvalue weighted by molar-refractivity contribution is 5.93. The number of amides is 1. The first-order chi connectivity index (χ1) is 12.0. The summed E-state index contributed by atoms with van der Waals surface area (Å²) in [5.74, 6) is 1.31. The van der Waals surface area contributed by atoms with Crippen LogP contribution in [0.15, 0.2) is 34.9 Å². The second kappa shape index (κ2) is 6.80. The third-order valence-corrected chi connectivity index (χ3v) is 4.10. The maximum Gasteiger partial charge on any atom is 0.271 e. The number of methoxy groups -OCH3 is 1. The average molecular weight is 340 g/mol. The largest absolute Gasteiger partial charge is 0.497 e. The van der Waals surface area contributed by atoms with Crippen molar-refractivity contribution >= 4 is 5.91 Å². The molecule has 0 atom stereocenters. The van der Waals surface area contributed by atoms with Gasteiger partial charge in [0.05, 0.1) is 25.0 Å². The van der Waals surface area contributed by atoms with Gasteiger partial charge in [-0.2, -0.15) is 5.10 Å². The second-order valence-electron chi connectivity index (χ2n) is 5.86. The maximum atomic E-state index is 12.6. The van der Waals surface area contributed by atoms with Crippen molar-refractivity contribution in [2.24, 2.45) is 0 Å². The monoisotopic (exact) mass is 340 g/mol. The smallest absolute Gasteiger partial charge is 0.271 e. The van der Waals surface area contributed by atoms with Gasteiger partial charge in [0.25, 0.3) is 5.91 Å². The minimum atomic E-state index is -0.151. The fourth-order valence-electron chi connectivity index (χ4n) is 2.60. The van der Waals surface area contributed by atoms with Crippen LogP contribution in [0.1, 0.15) is 27.5 Å². The summed E-state index contributed by atoms with van der Waals surface area (Å²) >= 11 is 0. The van der Waals surface area contributed by atoms with Crippen LogP contribution in [0.2, 0.25) is 0 Å². The number of benzene rings is 1. The number of H-pyrrole nitrogens is 1. The van der Waals surface area contributed by atoms with Crippen molar-refractivity contribution in [2.75, 3.05) is 14.2 Å². The Balaban J connectivity index is 1.78. The average Bonchev–Trinajstić information content (AvgIpc) is 3.23. The number of hydrogen-bond donors (Lipinski definition) is 1. The number of hydrogen-bond acceptors (Lipinski definition) is 5. The summed E-state index contributed by atoms with van der Waals surface area (Å²) in [6, 6.07) is 9.27. The summed E-state index contributed by atoms with van der Waals surface area (Å²) in [5, 5.41) is 11.0. The highest BCUT2D eigenvalue weighted by atomic mass is 16.5. The van der Waals surface area contributed by atoms with E-state index in [1.807, 2.05) is 38.1 Å². The van der Waals surface area contributed by atoms with Crippen molar-refractivity contribution in [3.8, 4) is 17.0 Å². The molecule has 0 aliphatic rings. The van der Waals surface area contributed by atoms with E-state index in [1.54, 1.807) is 25.1 Å². The predicted molar refractivity (Wildman–Crippen MR) is 92.4 cm³/mol. The lowest BCUT2D eigenvalue weighted by atomic mass is 10.1. The number of aryl methyl sites for hydroxylation is 2. The van der Waals surface area contributed by atoms with Crippen molar-refractivity contribution in [3.63, 3.8) is 0 Å². The molecule has 1 aromatic carbocycles. The molecule has 3 aromatic rings.